The summed E-state index contributed by atoms with van der Waals surface area (Å²) in [5.74, 6) is 0. The van der Waals surface area contributed by atoms with Gasteiger partial charge >= 0.3 is 0 Å². The molecule has 12 heavy (non-hydrogen) atoms. The van der Waals surface area contributed by atoms with Gasteiger partial charge < -0.3 is 4.42 Å². The van der Waals surface area contributed by atoms with Crippen LogP contribution in [0.15, 0.2) is 28.9 Å². The molecule has 0 aliphatic heterocycles. The molecule has 0 amide bonds. The Morgan fingerprint density at radius 2 is 2.25 bits per heavy atom. The van der Waals surface area contributed by atoms with E-state index in [2.05, 4.69) is 28.7 Å². The molecule has 2 nitrogen and oxygen atoms in total. The zero-order valence-electron chi connectivity index (χ0n) is 6.04. The first-order valence-electron chi connectivity index (χ1n) is 3.38. The van der Waals surface area contributed by atoms with E-state index >= 15 is 0 Å². The topological polar surface area (TPSA) is 36.9 Å². The van der Waals surface area contributed by atoms with E-state index in [4.69, 9.17) is 9.68 Å². The molecule has 0 spiro atoms. The van der Waals surface area contributed by atoms with Crippen LogP contribution in [0.25, 0.3) is 11.0 Å². The zero-order chi connectivity index (χ0) is 8.55. The molecule has 1 heterocycles. The molecule has 0 aliphatic carbocycles. The maximum absolute atomic E-state index is 8.68. The van der Waals surface area contributed by atoms with Crippen LogP contribution in [0.1, 0.15) is 5.56 Å². The molecular formula is C9H4INO. The molecule has 3 heteroatoms. The van der Waals surface area contributed by atoms with Crippen LogP contribution in [0.4, 0.5) is 0 Å². The van der Waals surface area contributed by atoms with Crippen molar-refractivity contribution in [3.63, 3.8) is 0 Å². The molecule has 0 aliphatic rings. The number of furan rings is 1. The minimum Gasteiger partial charge on any atom is -0.463 e. The van der Waals surface area contributed by atoms with Crippen LogP contribution in [0.2, 0.25) is 0 Å². The number of hydrogen-bond donors (Lipinski definition) is 0. The lowest BCUT2D eigenvalue weighted by molar-refractivity contribution is 0.614. The lowest BCUT2D eigenvalue weighted by atomic mass is 10.2. The van der Waals surface area contributed by atoms with Crippen molar-refractivity contribution in [1.29, 1.82) is 5.26 Å². The van der Waals surface area contributed by atoms with Crippen LogP contribution >= 0.6 is 22.6 Å². The van der Waals surface area contributed by atoms with Gasteiger partial charge in [-0.1, -0.05) is 0 Å². The van der Waals surface area contributed by atoms with Crippen molar-refractivity contribution in [2.45, 2.75) is 0 Å². The predicted octanol–water partition coefficient (Wildman–Crippen LogP) is 2.91. The summed E-state index contributed by atoms with van der Waals surface area (Å²) in [6, 6.07) is 7.85. The predicted molar refractivity (Wildman–Crippen MR) is 53.6 cm³/mol. The third-order valence-electron chi connectivity index (χ3n) is 1.66. The molecule has 0 atom stereocenters. The maximum atomic E-state index is 8.68. The highest BCUT2D eigenvalue weighted by atomic mass is 127. The quantitative estimate of drug-likeness (QED) is 0.689. The minimum absolute atomic E-state index is 0.599. The second kappa shape index (κ2) is 2.79. The summed E-state index contributed by atoms with van der Waals surface area (Å²) in [5, 5.41) is 9.57. The van der Waals surface area contributed by atoms with Gasteiger partial charge in [0.25, 0.3) is 0 Å². The van der Waals surface area contributed by atoms with E-state index < -0.39 is 0 Å². The fourth-order valence-electron chi connectivity index (χ4n) is 1.09. The fraction of sp³-hybridized carbons (Fsp3) is 0. The average Bonchev–Trinajstić information content (AvgIpc) is 2.46. The van der Waals surface area contributed by atoms with E-state index in [1.54, 1.807) is 0 Å². The van der Waals surface area contributed by atoms with Gasteiger partial charge in [0.15, 0.2) is 0 Å². The van der Waals surface area contributed by atoms with Crippen molar-refractivity contribution < 1.29 is 4.42 Å². The molecule has 58 valence electrons. The van der Waals surface area contributed by atoms with Gasteiger partial charge in [-0.25, -0.2) is 0 Å². The lowest BCUT2D eigenvalue weighted by Crippen LogP contribution is -1.71. The van der Waals surface area contributed by atoms with Crippen molar-refractivity contribution in [2.75, 3.05) is 0 Å². The second-order valence-corrected chi connectivity index (χ2v) is 3.65. The largest absolute Gasteiger partial charge is 0.463 e. The summed E-state index contributed by atoms with van der Waals surface area (Å²) in [7, 11) is 0. The lowest BCUT2D eigenvalue weighted by Gasteiger charge is -1.88. The third-order valence-corrected chi connectivity index (χ3v) is 2.33. The van der Waals surface area contributed by atoms with Crippen molar-refractivity contribution in [2.24, 2.45) is 0 Å². The van der Waals surface area contributed by atoms with E-state index in [1.807, 2.05) is 18.2 Å². The molecule has 2 aromatic rings. The highest BCUT2D eigenvalue weighted by molar-refractivity contribution is 14.1. The Bertz CT molecular complexity index is 467. The summed E-state index contributed by atoms with van der Waals surface area (Å²) in [6.45, 7) is 0. The Balaban J connectivity index is 2.84. The Morgan fingerprint density at radius 3 is 3.00 bits per heavy atom. The highest BCUT2D eigenvalue weighted by Gasteiger charge is 2.03. The molecule has 0 radical (unpaired) electrons. The van der Waals surface area contributed by atoms with Gasteiger partial charge in [0.1, 0.15) is 17.9 Å². The number of halogens is 1. The molecule has 0 bridgehead atoms. The van der Waals surface area contributed by atoms with Crippen molar-refractivity contribution in [1.82, 2.24) is 0 Å². The number of rotatable bonds is 0. The Kier molecular flexibility index (Phi) is 1.77. The summed E-state index contributed by atoms with van der Waals surface area (Å²) >= 11 is 2.21. The number of benzene rings is 1. The van der Waals surface area contributed by atoms with Gasteiger partial charge in [-0.2, -0.15) is 5.26 Å². The first-order chi connectivity index (χ1) is 5.81. The van der Waals surface area contributed by atoms with E-state index in [0.717, 1.165) is 14.5 Å². The number of hydrogen-bond acceptors (Lipinski definition) is 2. The van der Waals surface area contributed by atoms with Gasteiger partial charge in [0.05, 0.1) is 5.56 Å². The number of nitriles is 1. The van der Waals surface area contributed by atoms with Gasteiger partial charge in [-0.15, -0.1) is 0 Å². The summed E-state index contributed by atoms with van der Waals surface area (Å²) in [4.78, 5) is 0. The summed E-state index contributed by atoms with van der Waals surface area (Å²) < 4.78 is 6.30. The molecule has 0 fully saturated rings. The van der Waals surface area contributed by atoms with Gasteiger partial charge in [-0.3, -0.25) is 0 Å². The van der Waals surface area contributed by atoms with Gasteiger partial charge in [0, 0.05) is 8.96 Å². The van der Waals surface area contributed by atoms with Crippen LogP contribution in [0.5, 0.6) is 0 Å². The van der Waals surface area contributed by atoms with E-state index in [1.165, 1.54) is 6.26 Å². The van der Waals surface area contributed by atoms with Gasteiger partial charge in [-0.05, 0) is 40.8 Å². The molecule has 0 saturated carbocycles. The number of fused-ring (bicyclic) bond motifs is 1. The van der Waals surface area contributed by atoms with E-state index in [-0.39, 0.29) is 0 Å². The Hall–Kier alpha value is -1.02. The normalized spacial score (nSPS) is 10.0. The van der Waals surface area contributed by atoms with Crippen LogP contribution < -0.4 is 0 Å². The highest BCUT2D eigenvalue weighted by Crippen LogP contribution is 2.22. The summed E-state index contributed by atoms with van der Waals surface area (Å²) in [6.07, 6.45) is 1.49. The molecule has 0 N–H and O–H groups in total. The van der Waals surface area contributed by atoms with Crippen LogP contribution in [0.3, 0.4) is 0 Å². The third kappa shape index (κ3) is 1.08. The average molecular weight is 269 g/mol. The molecule has 1 aromatic heterocycles. The van der Waals surface area contributed by atoms with Crippen molar-refractivity contribution in [3.05, 3.63) is 33.6 Å². The van der Waals surface area contributed by atoms with Crippen LogP contribution in [0, 0.1) is 14.9 Å². The first-order valence-corrected chi connectivity index (χ1v) is 4.46. The molecule has 0 saturated heterocycles. The maximum Gasteiger partial charge on any atom is 0.136 e. The summed E-state index contributed by atoms with van der Waals surface area (Å²) in [5.41, 5.74) is 1.37. The Morgan fingerprint density at radius 1 is 1.42 bits per heavy atom. The smallest absolute Gasteiger partial charge is 0.136 e. The molecule has 0 unspecified atom stereocenters. The second-order valence-electron chi connectivity index (χ2n) is 2.40. The van der Waals surface area contributed by atoms with Gasteiger partial charge in [0.2, 0.25) is 0 Å². The molecular weight excluding hydrogens is 265 g/mol. The molecule has 2 rings (SSSR count). The number of nitrogens with zero attached hydrogens (tertiary/aromatic N) is 1. The molecule has 1 aromatic carbocycles. The van der Waals surface area contributed by atoms with Crippen molar-refractivity contribution in [3.8, 4) is 6.07 Å². The minimum atomic E-state index is 0.599. The van der Waals surface area contributed by atoms with Crippen LogP contribution in [-0.2, 0) is 0 Å². The zero-order valence-corrected chi connectivity index (χ0v) is 8.20. The SMILES string of the molecule is N#Cc1coc2cc(I)ccc12. The Labute approximate surface area is 82.9 Å². The van der Waals surface area contributed by atoms with E-state index in [0.29, 0.717) is 5.56 Å². The van der Waals surface area contributed by atoms with Crippen molar-refractivity contribution >= 4 is 33.6 Å². The standard InChI is InChI=1S/C9H4INO/c10-7-1-2-8-6(4-11)5-12-9(8)3-7/h1-3,5H. The fourth-order valence-corrected chi connectivity index (χ4v) is 1.55. The van der Waals surface area contributed by atoms with E-state index in [9.17, 15) is 0 Å². The first kappa shape index (κ1) is 7.62. The monoisotopic (exact) mass is 269 g/mol. The van der Waals surface area contributed by atoms with Crippen LogP contribution in [-0.4, -0.2) is 0 Å².